The molecular formula is C17H29NO. The number of rotatable bonds is 8. The van der Waals surface area contributed by atoms with Gasteiger partial charge in [0.25, 0.3) is 0 Å². The molecule has 1 aromatic rings. The van der Waals surface area contributed by atoms with Crippen LogP contribution < -0.4 is 10.1 Å². The van der Waals surface area contributed by atoms with E-state index in [-0.39, 0.29) is 0 Å². The first-order valence-electron chi connectivity index (χ1n) is 7.62. The first-order valence-corrected chi connectivity index (χ1v) is 7.62. The average molecular weight is 263 g/mol. The van der Waals surface area contributed by atoms with E-state index >= 15 is 0 Å². The van der Waals surface area contributed by atoms with Crippen molar-refractivity contribution in [2.45, 2.75) is 66.0 Å². The minimum absolute atomic E-state index is 0.319. The Kier molecular flexibility index (Phi) is 6.93. The molecule has 0 spiro atoms. The van der Waals surface area contributed by atoms with Gasteiger partial charge < -0.3 is 10.1 Å². The summed E-state index contributed by atoms with van der Waals surface area (Å²) in [5.74, 6) is 1.04. The van der Waals surface area contributed by atoms with Crippen molar-refractivity contribution in [1.29, 1.82) is 0 Å². The molecule has 0 saturated carbocycles. The SMILES string of the molecule is CCCNC(C)c1cc(C)ccc1OC(CC)CC. The number of ether oxygens (including phenoxy) is 1. The van der Waals surface area contributed by atoms with Crippen molar-refractivity contribution in [2.24, 2.45) is 0 Å². The monoisotopic (exact) mass is 263 g/mol. The molecule has 0 heterocycles. The Morgan fingerprint density at radius 1 is 1.16 bits per heavy atom. The molecule has 2 heteroatoms. The lowest BCUT2D eigenvalue weighted by Crippen LogP contribution is -2.21. The minimum atomic E-state index is 0.319. The second-order valence-electron chi connectivity index (χ2n) is 5.27. The first kappa shape index (κ1) is 16.0. The van der Waals surface area contributed by atoms with Crippen molar-refractivity contribution in [3.05, 3.63) is 29.3 Å². The van der Waals surface area contributed by atoms with Crippen molar-refractivity contribution in [1.82, 2.24) is 5.32 Å². The lowest BCUT2D eigenvalue weighted by molar-refractivity contribution is 0.189. The maximum absolute atomic E-state index is 6.16. The van der Waals surface area contributed by atoms with E-state index in [1.165, 1.54) is 11.1 Å². The van der Waals surface area contributed by atoms with Crippen molar-refractivity contribution < 1.29 is 4.74 Å². The Balaban J connectivity index is 2.90. The van der Waals surface area contributed by atoms with Crippen LogP contribution in [0.25, 0.3) is 0 Å². The van der Waals surface area contributed by atoms with Crippen molar-refractivity contribution in [3.63, 3.8) is 0 Å². The third kappa shape index (κ3) is 4.87. The second kappa shape index (κ2) is 8.21. The minimum Gasteiger partial charge on any atom is -0.490 e. The van der Waals surface area contributed by atoms with E-state index in [9.17, 15) is 0 Å². The van der Waals surface area contributed by atoms with Crippen LogP contribution in [-0.4, -0.2) is 12.6 Å². The fourth-order valence-electron chi connectivity index (χ4n) is 2.22. The van der Waals surface area contributed by atoms with E-state index < -0.39 is 0 Å². The third-order valence-electron chi connectivity index (χ3n) is 3.54. The molecule has 0 aliphatic rings. The molecule has 1 atom stereocenters. The molecule has 0 bridgehead atoms. The van der Waals surface area contributed by atoms with Gasteiger partial charge in [-0.3, -0.25) is 0 Å². The highest BCUT2D eigenvalue weighted by atomic mass is 16.5. The molecule has 0 aliphatic carbocycles. The van der Waals surface area contributed by atoms with E-state index in [1.54, 1.807) is 0 Å². The zero-order chi connectivity index (χ0) is 14.3. The molecule has 0 amide bonds. The third-order valence-corrected chi connectivity index (χ3v) is 3.54. The second-order valence-corrected chi connectivity index (χ2v) is 5.27. The number of hydrogen-bond acceptors (Lipinski definition) is 2. The molecule has 0 fully saturated rings. The summed E-state index contributed by atoms with van der Waals surface area (Å²) in [4.78, 5) is 0. The molecule has 1 N–H and O–H groups in total. The highest BCUT2D eigenvalue weighted by Gasteiger charge is 2.14. The van der Waals surface area contributed by atoms with Crippen LogP contribution in [0.3, 0.4) is 0 Å². The molecule has 1 unspecified atom stereocenters. The van der Waals surface area contributed by atoms with E-state index in [0.717, 1.165) is 31.6 Å². The van der Waals surface area contributed by atoms with Crippen molar-refractivity contribution in [3.8, 4) is 5.75 Å². The van der Waals surface area contributed by atoms with E-state index in [2.05, 4.69) is 58.1 Å². The van der Waals surface area contributed by atoms with Gasteiger partial charge in [0.1, 0.15) is 5.75 Å². The van der Waals surface area contributed by atoms with Crippen LogP contribution in [0.1, 0.15) is 64.1 Å². The molecular weight excluding hydrogens is 234 g/mol. The zero-order valence-corrected chi connectivity index (χ0v) is 13.1. The Morgan fingerprint density at radius 3 is 2.42 bits per heavy atom. The van der Waals surface area contributed by atoms with Gasteiger partial charge in [-0.15, -0.1) is 0 Å². The van der Waals surface area contributed by atoms with E-state index in [0.29, 0.717) is 12.1 Å². The summed E-state index contributed by atoms with van der Waals surface area (Å²) < 4.78 is 6.16. The zero-order valence-electron chi connectivity index (χ0n) is 13.1. The number of hydrogen-bond donors (Lipinski definition) is 1. The summed E-state index contributed by atoms with van der Waals surface area (Å²) in [7, 11) is 0. The van der Waals surface area contributed by atoms with Gasteiger partial charge >= 0.3 is 0 Å². The topological polar surface area (TPSA) is 21.3 Å². The number of benzene rings is 1. The molecule has 2 nitrogen and oxygen atoms in total. The van der Waals surface area contributed by atoms with Crippen LogP contribution in [0.2, 0.25) is 0 Å². The van der Waals surface area contributed by atoms with Crippen LogP contribution in [0.4, 0.5) is 0 Å². The summed E-state index contributed by atoms with van der Waals surface area (Å²) in [6.07, 6.45) is 3.58. The smallest absolute Gasteiger partial charge is 0.124 e. The standard InChI is InChI=1S/C17H29NO/c1-6-11-18-14(5)16-12-13(4)9-10-17(16)19-15(7-2)8-3/h9-10,12,14-15,18H,6-8,11H2,1-5H3. The van der Waals surface area contributed by atoms with Gasteiger partial charge in [-0.2, -0.15) is 0 Å². The summed E-state index contributed by atoms with van der Waals surface area (Å²) in [6, 6.07) is 6.83. The molecule has 1 rings (SSSR count). The molecule has 0 radical (unpaired) electrons. The maximum Gasteiger partial charge on any atom is 0.124 e. The highest BCUT2D eigenvalue weighted by molar-refractivity contribution is 5.39. The maximum atomic E-state index is 6.16. The van der Waals surface area contributed by atoms with Crippen LogP contribution in [0.15, 0.2) is 18.2 Å². The molecule has 0 saturated heterocycles. The Morgan fingerprint density at radius 2 is 1.84 bits per heavy atom. The summed E-state index contributed by atoms with van der Waals surface area (Å²) in [6.45, 7) is 11.9. The van der Waals surface area contributed by atoms with Gasteiger partial charge in [-0.05, 0) is 45.7 Å². The summed E-state index contributed by atoms with van der Waals surface area (Å²) in [5.41, 5.74) is 2.57. The van der Waals surface area contributed by atoms with Gasteiger partial charge in [0.2, 0.25) is 0 Å². The summed E-state index contributed by atoms with van der Waals surface area (Å²) >= 11 is 0. The lowest BCUT2D eigenvalue weighted by atomic mass is 10.0. The normalized spacial score (nSPS) is 12.7. The molecule has 0 aliphatic heterocycles. The molecule has 0 aromatic heterocycles. The molecule has 108 valence electrons. The highest BCUT2D eigenvalue weighted by Crippen LogP contribution is 2.28. The van der Waals surface area contributed by atoms with Gasteiger partial charge in [-0.1, -0.05) is 38.5 Å². The molecule has 19 heavy (non-hydrogen) atoms. The van der Waals surface area contributed by atoms with Gasteiger partial charge in [-0.25, -0.2) is 0 Å². The Labute approximate surface area is 118 Å². The fourth-order valence-corrected chi connectivity index (χ4v) is 2.22. The van der Waals surface area contributed by atoms with Crippen molar-refractivity contribution in [2.75, 3.05) is 6.54 Å². The predicted octanol–water partition coefficient (Wildman–Crippen LogP) is 4.62. The van der Waals surface area contributed by atoms with Gasteiger partial charge in [0.15, 0.2) is 0 Å². The number of nitrogens with one attached hydrogen (secondary N) is 1. The lowest BCUT2D eigenvalue weighted by Gasteiger charge is -2.22. The largest absolute Gasteiger partial charge is 0.490 e. The van der Waals surface area contributed by atoms with E-state index in [4.69, 9.17) is 4.74 Å². The van der Waals surface area contributed by atoms with Gasteiger partial charge in [0, 0.05) is 11.6 Å². The van der Waals surface area contributed by atoms with Crippen LogP contribution in [0.5, 0.6) is 5.75 Å². The van der Waals surface area contributed by atoms with Crippen molar-refractivity contribution >= 4 is 0 Å². The first-order chi connectivity index (χ1) is 9.12. The summed E-state index contributed by atoms with van der Waals surface area (Å²) in [5, 5.41) is 3.55. The predicted molar refractivity (Wildman–Crippen MR) is 82.9 cm³/mol. The Bertz CT molecular complexity index is 372. The van der Waals surface area contributed by atoms with Crippen LogP contribution in [0, 0.1) is 6.92 Å². The van der Waals surface area contributed by atoms with Crippen LogP contribution >= 0.6 is 0 Å². The fraction of sp³-hybridized carbons (Fsp3) is 0.647. The molecule has 1 aromatic carbocycles. The Hall–Kier alpha value is -1.02. The van der Waals surface area contributed by atoms with E-state index in [1.807, 2.05) is 0 Å². The van der Waals surface area contributed by atoms with Crippen LogP contribution in [-0.2, 0) is 0 Å². The number of aryl methyl sites for hydroxylation is 1. The average Bonchev–Trinajstić information content (AvgIpc) is 2.43. The van der Waals surface area contributed by atoms with Gasteiger partial charge in [0.05, 0.1) is 6.10 Å². The quantitative estimate of drug-likeness (QED) is 0.738.